The molecule has 1 aromatic carbocycles. The van der Waals surface area contributed by atoms with Crippen LogP contribution in [0, 0.1) is 5.82 Å². The number of benzene rings is 1. The number of aromatic amines is 1. The zero-order valence-electron chi connectivity index (χ0n) is 17.3. The molecule has 0 unspecified atom stereocenters. The average molecular weight is 443 g/mol. The first-order chi connectivity index (χ1) is 15.0. The van der Waals surface area contributed by atoms with Gasteiger partial charge in [0.2, 0.25) is 0 Å². The smallest absolute Gasteiger partial charge is 0.269 e. The number of imidazole rings is 1. The molecule has 1 saturated heterocycles. The number of rotatable bonds is 5. The van der Waals surface area contributed by atoms with Crippen molar-refractivity contribution in [1.29, 1.82) is 0 Å². The van der Waals surface area contributed by atoms with Crippen LogP contribution in [0.25, 0.3) is 11.3 Å². The van der Waals surface area contributed by atoms with Crippen LogP contribution in [-0.2, 0) is 6.42 Å². The van der Waals surface area contributed by atoms with Gasteiger partial charge in [-0.2, -0.15) is 0 Å². The molecule has 0 radical (unpaired) electrons. The Bertz CT molecular complexity index is 1090. The Labute approximate surface area is 183 Å². The van der Waals surface area contributed by atoms with Gasteiger partial charge in [-0.3, -0.25) is 9.59 Å². The topological polar surface area (TPSA) is 104 Å². The van der Waals surface area contributed by atoms with Gasteiger partial charge in [0.1, 0.15) is 27.9 Å². The summed E-state index contributed by atoms with van der Waals surface area (Å²) in [4.78, 5) is 35.5. The zero-order chi connectivity index (χ0) is 22.0. The molecule has 0 aliphatic carbocycles. The van der Waals surface area contributed by atoms with Gasteiger partial charge in [0.25, 0.3) is 11.8 Å². The molecule has 3 aromatic rings. The van der Waals surface area contributed by atoms with Crippen molar-refractivity contribution in [2.45, 2.75) is 32.1 Å². The molecule has 3 heterocycles. The fourth-order valence-corrected chi connectivity index (χ4v) is 4.51. The summed E-state index contributed by atoms with van der Waals surface area (Å²) < 4.78 is 17.2. The first-order valence-electron chi connectivity index (χ1n) is 10.2. The van der Waals surface area contributed by atoms with Gasteiger partial charge >= 0.3 is 0 Å². The lowest BCUT2D eigenvalue weighted by atomic mass is 9.96. The molecule has 1 aliphatic rings. The number of hydrogen-bond acceptors (Lipinski definition) is 6. The van der Waals surface area contributed by atoms with Gasteiger partial charge in [-0.15, -0.1) is 5.10 Å². The number of likely N-dealkylation sites (tertiary alicyclic amines) is 1. The summed E-state index contributed by atoms with van der Waals surface area (Å²) in [5.41, 5.74) is 2.25. The molecule has 4 rings (SSSR count). The van der Waals surface area contributed by atoms with Gasteiger partial charge < -0.3 is 15.2 Å². The van der Waals surface area contributed by atoms with Crippen LogP contribution in [-0.4, -0.2) is 56.4 Å². The highest BCUT2D eigenvalue weighted by Gasteiger charge is 2.30. The van der Waals surface area contributed by atoms with E-state index in [1.54, 1.807) is 19.2 Å². The summed E-state index contributed by atoms with van der Waals surface area (Å²) >= 11 is 1.14. The van der Waals surface area contributed by atoms with Crippen LogP contribution in [0.4, 0.5) is 4.39 Å². The number of aromatic nitrogens is 4. The van der Waals surface area contributed by atoms with Crippen molar-refractivity contribution in [3.05, 3.63) is 52.2 Å². The number of amides is 2. The third-order valence-electron chi connectivity index (χ3n) is 5.55. The van der Waals surface area contributed by atoms with E-state index in [1.807, 2.05) is 11.8 Å². The maximum Gasteiger partial charge on any atom is 0.269 e. The monoisotopic (exact) mass is 442 g/mol. The minimum Gasteiger partial charge on any atom is -0.354 e. The molecule has 0 spiro atoms. The van der Waals surface area contributed by atoms with Crippen molar-refractivity contribution >= 4 is 23.3 Å². The molecule has 1 fully saturated rings. The van der Waals surface area contributed by atoms with E-state index in [4.69, 9.17) is 0 Å². The molecule has 10 heteroatoms. The second-order valence-corrected chi connectivity index (χ2v) is 8.15. The molecule has 162 valence electrons. The Kier molecular flexibility index (Phi) is 6.08. The number of nitrogens with zero attached hydrogens (tertiary/aromatic N) is 4. The largest absolute Gasteiger partial charge is 0.354 e. The van der Waals surface area contributed by atoms with E-state index in [1.165, 1.54) is 12.1 Å². The molecular formula is C21H23FN6O2S. The second-order valence-electron chi connectivity index (χ2n) is 7.40. The van der Waals surface area contributed by atoms with Crippen molar-refractivity contribution in [2.75, 3.05) is 20.1 Å². The van der Waals surface area contributed by atoms with E-state index in [0.717, 1.165) is 30.1 Å². The average Bonchev–Trinajstić information content (AvgIpc) is 3.46. The van der Waals surface area contributed by atoms with Crippen molar-refractivity contribution in [1.82, 2.24) is 29.8 Å². The van der Waals surface area contributed by atoms with Gasteiger partial charge in [0, 0.05) is 31.6 Å². The summed E-state index contributed by atoms with van der Waals surface area (Å²) in [5.74, 6) is 0.143. The molecule has 2 aromatic heterocycles. The Morgan fingerprint density at radius 2 is 1.97 bits per heavy atom. The number of H-pyrrole nitrogens is 1. The SMILES string of the molecule is CCc1nnsc1C(=O)N1CCC(c2nc(-c3ccc(F)cc3)c(C(=O)NC)[nH]2)CC1. The number of aryl methyl sites for hydroxylation is 1. The fraction of sp³-hybridized carbons (Fsp3) is 0.381. The molecule has 8 nitrogen and oxygen atoms in total. The molecule has 0 bridgehead atoms. The lowest BCUT2D eigenvalue weighted by Gasteiger charge is -2.30. The predicted octanol–water partition coefficient (Wildman–Crippen LogP) is 3.01. The van der Waals surface area contributed by atoms with Crippen LogP contribution in [0.3, 0.4) is 0 Å². The van der Waals surface area contributed by atoms with Crippen molar-refractivity contribution in [2.24, 2.45) is 0 Å². The van der Waals surface area contributed by atoms with Crippen LogP contribution in [0.1, 0.15) is 57.4 Å². The quantitative estimate of drug-likeness (QED) is 0.632. The summed E-state index contributed by atoms with van der Waals surface area (Å²) in [6, 6.07) is 5.91. The van der Waals surface area contributed by atoms with Gasteiger partial charge in [-0.25, -0.2) is 9.37 Å². The Balaban J connectivity index is 1.52. The van der Waals surface area contributed by atoms with Crippen LogP contribution >= 0.6 is 11.5 Å². The third kappa shape index (κ3) is 4.20. The maximum absolute atomic E-state index is 13.3. The molecule has 0 atom stereocenters. The van der Waals surface area contributed by atoms with E-state index < -0.39 is 0 Å². The zero-order valence-corrected chi connectivity index (χ0v) is 18.1. The van der Waals surface area contributed by atoms with Crippen molar-refractivity contribution in [3.8, 4) is 11.3 Å². The number of carbonyl (C=O) groups excluding carboxylic acids is 2. The first kappa shape index (κ1) is 21.1. The Hall–Kier alpha value is -3.14. The highest BCUT2D eigenvalue weighted by Crippen LogP contribution is 2.31. The first-order valence-corrected chi connectivity index (χ1v) is 11.0. The molecule has 2 N–H and O–H groups in total. The van der Waals surface area contributed by atoms with Gasteiger partial charge in [-0.1, -0.05) is 11.4 Å². The lowest BCUT2D eigenvalue weighted by molar-refractivity contribution is 0.0715. The minimum absolute atomic E-state index is 0.0252. The lowest BCUT2D eigenvalue weighted by Crippen LogP contribution is -2.38. The molecule has 31 heavy (non-hydrogen) atoms. The standard InChI is InChI=1S/C21H23FN6O2S/c1-3-15-18(31-27-26-15)21(30)28-10-8-13(9-11-28)19-24-16(17(25-19)20(29)23-2)12-4-6-14(22)7-5-12/h4-7,13H,3,8-11H2,1-2H3,(H,23,29)(H,24,25). The maximum atomic E-state index is 13.3. The van der Waals surface area contributed by atoms with Gasteiger partial charge in [0.05, 0.1) is 5.69 Å². The molecular weight excluding hydrogens is 419 g/mol. The second kappa shape index (κ2) is 8.93. The number of halogens is 1. The third-order valence-corrected chi connectivity index (χ3v) is 6.30. The van der Waals surface area contributed by atoms with Crippen LogP contribution in [0.15, 0.2) is 24.3 Å². The molecule has 1 aliphatic heterocycles. The number of piperidine rings is 1. The highest BCUT2D eigenvalue weighted by molar-refractivity contribution is 7.08. The Morgan fingerprint density at radius 3 is 2.61 bits per heavy atom. The summed E-state index contributed by atoms with van der Waals surface area (Å²) in [5, 5.41) is 6.65. The van der Waals surface area contributed by atoms with E-state index in [2.05, 4.69) is 24.9 Å². The van der Waals surface area contributed by atoms with E-state index >= 15 is 0 Å². The predicted molar refractivity (Wildman–Crippen MR) is 115 cm³/mol. The highest BCUT2D eigenvalue weighted by atomic mass is 32.1. The van der Waals surface area contributed by atoms with Crippen LogP contribution < -0.4 is 5.32 Å². The van der Waals surface area contributed by atoms with Crippen molar-refractivity contribution in [3.63, 3.8) is 0 Å². The van der Waals surface area contributed by atoms with Crippen LogP contribution in [0.2, 0.25) is 0 Å². The normalized spacial score (nSPS) is 14.6. The summed E-state index contributed by atoms with van der Waals surface area (Å²) in [7, 11) is 1.56. The van der Waals surface area contributed by atoms with E-state index in [9.17, 15) is 14.0 Å². The molecule has 0 saturated carbocycles. The molecule has 2 amide bonds. The van der Waals surface area contributed by atoms with Crippen molar-refractivity contribution < 1.29 is 14.0 Å². The van der Waals surface area contributed by atoms with Gasteiger partial charge in [-0.05, 0) is 55.1 Å². The summed E-state index contributed by atoms with van der Waals surface area (Å²) in [6.07, 6.45) is 2.13. The van der Waals surface area contributed by atoms with E-state index in [0.29, 0.717) is 47.2 Å². The number of nitrogens with one attached hydrogen (secondary N) is 2. The number of hydrogen-bond donors (Lipinski definition) is 2. The Morgan fingerprint density at radius 1 is 1.26 bits per heavy atom. The minimum atomic E-state index is -0.347. The van der Waals surface area contributed by atoms with E-state index in [-0.39, 0.29) is 23.5 Å². The number of carbonyl (C=O) groups is 2. The summed E-state index contributed by atoms with van der Waals surface area (Å²) in [6.45, 7) is 3.14. The fourth-order valence-electron chi connectivity index (χ4n) is 3.79. The van der Waals surface area contributed by atoms with Gasteiger partial charge in [0.15, 0.2) is 0 Å². The van der Waals surface area contributed by atoms with Crippen LogP contribution in [0.5, 0.6) is 0 Å².